The Labute approximate surface area is 175 Å². The molecule has 0 saturated heterocycles. The lowest BCUT2D eigenvalue weighted by Gasteiger charge is -2.19. The number of carbonyl (C=O) groups excluding carboxylic acids is 1. The van der Waals surface area contributed by atoms with Crippen LogP contribution in [0.4, 0.5) is 23.2 Å². The van der Waals surface area contributed by atoms with Crippen LogP contribution in [-0.4, -0.2) is 18.1 Å². The Bertz CT molecular complexity index is 1070. The van der Waals surface area contributed by atoms with Gasteiger partial charge in [-0.1, -0.05) is 12.1 Å². The molecular weight excluding hydrogens is 416 g/mol. The van der Waals surface area contributed by atoms with Crippen molar-refractivity contribution in [2.24, 2.45) is 0 Å². The maximum absolute atomic E-state index is 13.2. The average molecular weight is 434 g/mol. The Balaban J connectivity index is 1.91. The van der Waals surface area contributed by atoms with Crippen molar-refractivity contribution in [1.82, 2.24) is 4.98 Å². The molecule has 1 atom stereocenters. The zero-order valence-electron chi connectivity index (χ0n) is 16.5. The third-order valence-electron chi connectivity index (χ3n) is 4.43. The van der Waals surface area contributed by atoms with Crippen LogP contribution in [0.3, 0.4) is 0 Å². The molecule has 0 saturated carbocycles. The van der Waals surface area contributed by atoms with Gasteiger partial charge in [-0.3, -0.25) is 0 Å². The van der Waals surface area contributed by atoms with Crippen molar-refractivity contribution in [2.45, 2.75) is 19.1 Å². The molecule has 31 heavy (non-hydrogen) atoms. The lowest BCUT2D eigenvalue weighted by molar-refractivity contribution is -0.138. The smallest absolute Gasteiger partial charge is 0.421 e. The van der Waals surface area contributed by atoms with Gasteiger partial charge in [0.25, 0.3) is 0 Å². The molecule has 0 amide bonds. The summed E-state index contributed by atoms with van der Waals surface area (Å²) in [4.78, 5) is 15.9. The number of ether oxygens (including phenoxy) is 2. The van der Waals surface area contributed by atoms with Gasteiger partial charge in [0.05, 0.1) is 12.7 Å². The summed E-state index contributed by atoms with van der Waals surface area (Å²) in [6.45, 7) is 1.81. The first-order valence-corrected chi connectivity index (χ1v) is 9.13. The number of nitrogens with one attached hydrogen (secondary N) is 1. The van der Waals surface area contributed by atoms with E-state index >= 15 is 0 Å². The molecule has 0 aliphatic carbocycles. The first-order chi connectivity index (χ1) is 14.7. The molecule has 0 bridgehead atoms. The van der Waals surface area contributed by atoms with Crippen molar-refractivity contribution in [2.75, 3.05) is 12.4 Å². The van der Waals surface area contributed by atoms with E-state index in [1.54, 1.807) is 12.1 Å². The topological polar surface area (TPSA) is 60.5 Å². The predicted molar refractivity (Wildman–Crippen MR) is 106 cm³/mol. The van der Waals surface area contributed by atoms with Crippen LogP contribution >= 0.6 is 0 Å². The Morgan fingerprint density at radius 1 is 1.10 bits per heavy atom. The van der Waals surface area contributed by atoms with Gasteiger partial charge in [0.15, 0.2) is 0 Å². The Hall–Kier alpha value is -3.62. The summed E-state index contributed by atoms with van der Waals surface area (Å²) in [5.74, 6) is -1.74. The summed E-state index contributed by atoms with van der Waals surface area (Å²) in [5, 5.41) is 3.11. The molecule has 0 aliphatic rings. The van der Waals surface area contributed by atoms with Gasteiger partial charge < -0.3 is 14.8 Å². The van der Waals surface area contributed by atoms with Gasteiger partial charge in [0.2, 0.25) is 5.88 Å². The van der Waals surface area contributed by atoms with Crippen LogP contribution in [0.15, 0.2) is 60.8 Å². The maximum atomic E-state index is 13.2. The van der Waals surface area contributed by atoms with Gasteiger partial charge in [0.1, 0.15) is 17.1 Å². The summed E-state index contributed by atoms with van der Waals surface area (Å²) in [5.41, 5.74) is 0.147. The molecule has 2 aromatic carbocycles. The van der Waals surface area contributed by atoms with E-state index in [1.807, 2.05) is 6.92 Å². The highest BCUT2D eigenvalue weighted by Crippen LogP contribution is 2.37. The van der Waals surface area contributed by atoms with Gasteiger partial charge >= 0.3 is 12.1 Å². The number of aromatic nitrogens is 1. The van der Waals surface area contributed by atoms with Gasteiger partial charge in [-0.2, -0.15) is 13.2 Å². The number of pyridine rings is 1. The molecule has 1 N–H and O–H groups in total. The summed E-state index contributed by atoms with van der Waals surface area (Å²) in [7, 11) is 1.18. The molecule has 1 aromatic heterocycles. The van der Waals surface area contributed by atoms with Crippen molar-refractivity contribution in [3.8, 4) is 11.6 Å². The zero-order chi connectivity index (χ0) is 22.6. The number of hydrogen-bond donors (Lipinski definition) is 1. The van der Waals surface area contributed by atoms with E-state index in [9.17, 15) is 22.4 Å². The van der Waals surface area contributed by atoms with Crippen LogP contribution in [0, 0.1) is 5.82 Å². The molecule has 1 unspecified atom stereocenters. The number of carbonyl (C=O) groups is 1. The summed E-state index contributed by atoms with van der Waals surface area (Å²) >= 11 is 0. The molecule has 0 spiro atoms. The minimum Gasteiger partial charge on any atom is -0.465 e. The number of nitrogens with zero attached hydrogens (tertiary/aromatic N) is 1. The first-order valence-electron chi connectivity index (χ1n) is 9.13. The third kappa shape index (κ3) is 5.30. The molecule has 162 valence electrons. The van der Waals surface area contributed by atoms with Crippen molar-refractivity contribution in [3.63, 3.8) is 0 Å². The molecule has 0 radical (unpaired) electrons. The van der Waals surface area contributed by atoms with Crippen molar-refractivity contribution in [1.29, 1.82) is 0 Å². The van der Waals surface area contributed by atoms with Crippen molar-refractivity contribution < 1.29 is 31.8 Å². The standard InChI is InChI=1S/C22H18F4N2O3/c1-13(14-5-7-15(23)8-6-14)28-19-10-9-16(12-17(19)21(29)30-2)31-20-18(22(24,25)26)4-3-11-27-20/h3-13,28H,1-2H3. The zero-order valence-corrected chi connectivity index (χ0v) is 16.5. The Morgan fingerprint density at radius 2 is 1.81 bits per heavy atom. The van der Waals surface area contributed by atoms with Crippen molar-refractivity contribution >= 4 is 11.7 Å². The van der Waals surface area contributed by atoms with E-state index in [1.165, 1.54) is 43.6 Å². The van der Waals surface area contributed by atoms with E-state index < -0.39 is 23.6 Å². The highest BCUT2D eigenvalue weighted by Gasteiger charge is 2.35. The number of esters is 1. The minimum atomic E-state index is -4.65. The number of alkyl halides is 3. The maximum Gasteiger partial charge on any atom is 0.421 e. The van der Waals surface area contributed by atoms with Gasteiger partial charge in [-0.25, -0.2) is 14.2 Å². The Kier molecular flexibility index (Phi) is 6.43. The monoisotopic (exact) mass is 434 g/mol. The molecule has 0 fully saturated rings. The summed E-state index contributed by atoms with van der Waals surface area (Å²) < 4.78 is 62.8. The largest absolute Gasteiger partial charge is 0.465 e. The molecular formula is C22H18F4N2O3. The van der Waals surface area contributed by atoms with Crippen molar-refractivity contribution in [3.05, 3.63) is 83.3 Å². The fourth-order valence-corrected chi connectivity index (χ4v) is 2.86. The fraction of sp³-hybridized carbons (Fsp3) is 0.182. The average Bonchev–Trinajstić information content (AvgIpc) is 2.74. The molecule has 9 heteroatoms. The second-order valence-corrected chi connectivity index (χ2v) is 6.57. The summed E-state index contributed by atoms with van der Waals surface area (Å²) in [6, 6.07) is 11.7. The van der Waals surface area contributed by atoms with Crippen LogP contribution < -0.4 is 10.1 Å². The molecule has 1 heterocycles. The lowest BCUT2D eigenvalue weighted by atomic mass is 10.1. The van der Waals surface area contributed by atoms with Crippen LogP contribution in [-0.2, 0) is 10.9 Å². The Morgan fingerprint density at radius 3 is 2.45 bits per heavy atom. The molecule has 5 nitrogen and oxygen atoms in total. The number of benzene rings is 2. The van der Waals surface area contributed by atoms with Crippen LogP contribution in [0.2, 0.25) is 0 Å². The van der Waals surface area contributed by atoms with Crippen LogP contribution in [0.5, 0.6) is 11.6 Å². The molecule has 3 aromatic rings. The van der Waals surface area contributed by atoms with E-state index in [2.05, 4.69) is 10.3 Å². The normalized spacial score (nSPS) is 12.2. The lowest BCUT2D eigenvalue weighted by Crippen LogP contribution is -2.12. The number of halogens is 4. The molecule has 3 rings (SSSR count). The number of rotatable bonds is 6. The number of methoxy groups -OCH3 is 1. The van der Waals surface area contributed by atoms with Crippen LogP contribution in [0.1, 0.15) is 34.5 Å². The highest BCUT2D eigenvalue weighted by molar-refractivity contribution is 5.96. The predicted octanol–water partition coefficient (Wildman–Crippen LogP) is 5.99. The van der Waals surface area contributed by atoms with E-state index in [-0.39, 0.29) is 23.2 Å². The van der Waals surface area contributed by atoms with E-state index in [0.717, 1.165) is 17.7 Å². The quantitative estimate of drug-likeness (QED) is 0.381. The SMILES string of the molecule is COC(=O)c1cc(Oc2ncccc2C(F)(F)F)ccc1NC(C)c1ccc(F)cc1. The summed E-state index contributed by atoms with van der Waals surface area (Å²) in [6.07, 6.45) is -3.48. The first kappa shape index (κ1) is 22.1. The molecule has 0 aliphatic heterocycles. The third-order valence-corrected chi connectivity index (χ3v) is 4.43. The van der Waals surface area contributed by atoms with Crippen LogP contribution in [0.25, 0.3) is 0 Å². The van der Waals surface area contributed by atoms with Gasteiger partial charge in [-0.15, -0.1) is 0 Å². The van der Waals surface area contributed by atoms with Gasteiger partial charge in [-0.05, 0) is 55.0 Å². The van der Waals surface area contributed by atoms with E-state index in [4.69, 9.17) is 9.47 Å². The minimum absolute atomic E-state index is 0.0235. The second kappa shape index (κ2) is 9.03. The van der Waals surface area contributed by atoms with Gasteiger partial charge in [0, 0.05) is 17.9 Å². The highest BCUT2D eigenvalue weighted by atomic mass is 19.4. The second-order valence-electron chi connectivity index (χ2n) is 6.57. The number of anilines is 1. The fourth-order valence-electron chi connectivity index (χ4n) is 2.86. The van der Waals surface area contributed by atoms with E-state index in [0.29, 0.717) is 5.69 Å². The number of hydrogen-bond acceptors (Lipinski definition) is 5.